The quantitative estimate of drug-likeness (QED) is 0.807. The molecule has 3 unspecified atom stereocenters. The molecule has 2 aliphatic rings. The fourth-order valence-electron chi connectivity index (χ4n) is 4.02. The molecule has 2 nitrogen and oxygen atoms in total. The standard InChI is InChI=1S/C18H20N2S/c21-18(20-17-10-12-5-6-15(17)9-12)19-16-8-7-13-3-1-2-4-14(13)11-16/h1-4,7-8,11-12,15,17H,5-6,9-10H2,(H2,19,20,21). The number of nitrogens with one attached hydrogen (secondary N) is 2. The van der Waals surface area contributed by atoms with Crippen LogP contribution in [-0.4, -0.2) is 11.2 Å². The number of rotatable bonds is 2. The smallest absolute Gasteiger partial charge is 0.171 e. The van der Waals surface area contributed by atoms with Gasteiger partial charge in [0, 0.05) is 11.7 Å². The van der Waals surface area contributed by atoms with Crippen molar-refractivity contribution < 1.29 is 0 Å². The molecule has 2 aromatic rings. The minimum absolute atomic E-state index is 0.587. The average molecular weight is 296 g/mol. The first kappa shape index (κ1) is 13.1. The minimum atomic E-state index is 0.587. The van der Waals surface area contributed by atoms with Crippen molar-refractivity contribution in [2.45, 2.75) is 31.7 Å². The summed E-state index contributed by atoms with van der Waals surface area (Å²) in [6, 6.07) is 15.4. The molecule has 0 aromatic heterocycles. The van der Waals surface area contributed by atoms with E-state index in [1.54, 1.807) is 0 Å². The molecular weight excluding hydrogens is 276 g/mol. The second kappa shape index (κ2) is 5.30. The summed E-state index contributed by atoms with van der Waals surface area (Å²) in [7, 11) is 0. The van der Waals surface area contributed by atoms with Gasteiger partial charge in [0.15, 0.2) is 5.11 Å². The van der Waals surface area contributed by atoms with E-state index in [1.165, 1.54) is 36.5 Å². The third kappa shape index (κ3) is 2.62. The highest BCUT2D eigenvalue weighted by Gasteiger charge is 2.39. The Morgan fingerprint density at radius 1 is 1.00 bits per heavy atom. The SMILES string of the molecule is S=C(Nc1ccc2ccccc2c1)NC1CC2CCC1C2. The molecule has 2 aliphatic carbocycles. The van der Waals surface area contributed by atoms with Gasteiger partial charge in [0.2, 0.25) is 0 Å². The van der Waals surface area contributed by atoms with Crippen LogP contribution in [0.2, 0.25) is 0 Å². The van der Waals surface area contributed by atoms with Crippen LogP contribution in [0.1, 0.15) is 25.7 Å². The lowest BCUT2D eigenvalue weighted by molar-refractivity contribution is 0.392. The van der Waals surface area contributed by atoms with Crippen molar-refractivity contribution in [2.75, 3.05) is 5.32 Å². The van der Waals surface area contributed by atoms with Crippen LogP contribution in [0.25, 0.3) is 10.8 Å². The average Bonchev–Trinajstić information content (AvgIpc) is 3.09. The summed E-state index contributed by atoms with van der Waals surface area (Å²) in [4.78, 5) is 0. The topological polar surface area (TPSA) is 24.1 Å². The van der Waals surface area contributed by atoms with E-state index < -0.39 is 0 Å². The lowest BCUT2D eigenvalue weighted by atomic mass is 9.95. The maximum atomic E-state index is 5.49. The van der Waals surface area contributed by atoms with Gasteiger partial charge in [-0.25, -0.2) is 0 Å². The Morgan fingerprint density at radius 3 is 2.62 bits per heavy atom. The molecule has 0 amide bonds. The number of anilines is 1. The van der Waals surface area contributed by atoms with Crippen molar-refractivity contribution in [1.82, 2.24) is 5.32 Å². The van der Waals surface area contributed by atoms with Crippen molar-refractivity contribution in [3.8, 4) is 0 Å². The highest BCUT2D eigenvalue weighted by molar-refractivity contribution is 7.80. The first-order valence-electron chi connectivity index (χ1n) is 7.84. The number of fused-ring (bicyclic) bond motifs is 3. The number of benzene rings is 2. The first-order valence-corrected chi connectivity index (χ1v) is 8.25. The molecule has 0 saturated heterocycles. The molecule has 4 rings (SSSR count). The van der Waals surface area contributed by atoms with Gasteiger partial charge in [0.1, 0.15) is 0 Å². The van der Waals surface area contributed by atoms with E-state index in [2.05, 4.69) is 53.1 Å². The largest absolute Gasteiger partial charge is 0.359 e. The van der Waals surface area contributed by atoms with Crippen LogP contribution >= 0.6 is 12.2 Å². The highest BCUT2D eigenvalue weighted by Crippen LogP contribution is 2.44. The molecule has 3 heteroatoms. The van der Waals surface area contributed by atoms with Crippen LogP contribution in [0.5, 0.6) is 0 Å². The van der Waals surface area contributed by atoms with Crippen LogP contribution in [0.3, 0.4) is 0 Å². The van der Waals surface area contributed by atoms with Crippen LogP contribution in [0.15, 0.2) is 42.5 Å². The van der Waals surface area contributed by atoms with Crippen LogP contribution < -0.4 is 10.6 Å². The summed E-state index contributed by atoms with van der Waals surface area (Å²) in [5.41, 5.74) is 1.06. The fourth-order valence-corrected chi connectivity index (χ4v) is 4.29. The van der Waals surface area contributed by atoms with Gasteiger partial charge in [0.25, 0.3) is 0 Å². The van der Waals surface area contributed by atoms with E-state index in [-0.39, 0.29) is 0 Å². The molecular formula is C18H20N2S. The molecule has 0 spiro atoms. The highest BCUT2D eigenvalue weighted by atomic mass is 32.1. The third-order valence-electron chi connectivity index (χ3n) is 5.06. The van der Waals surface area contributed by atoms with E-state index in [1.807, 2.05) is 0 Å². The Bertz CT molecular complexity index is 682. The van der Waals surface area contributed by atoms with Gasteiger partial charge < -0.3 is 10.6 Å². The van der Waals surface area contributed by atoms with Gasteiger partial charge in [-0.2, -0.15) is 0 Å². The maximum Gasteiger partial charge on any atom is 0.171 e. The molecule has 0 heterocycles. The Hall–Kier alpha value is -1.61. The minimum Gasteiger partial charge on any atom is -0.359 e. The lowest BCUT2D eigenvalue weighted by Gasteiger charge is -2.24. The molecule has 2 bridgehead atoms. The number of thiocarbonyl (C=S) groups is 1. The molecule has 21 heavy (non-hydrogen) atoms. The number of hydrogen-bond acceptors (Lipinski definition) is 1. The summed E-state index contributed by atoms with van der Waals surface area (Å²) in [6.45, 7) is 0. The van der Waals surface area contributed by atoms with Crippen molar-refractivity contribution in [3.05, 3.63) is 42.5 Å². The van der Waals surface area contributed by atoms with Gasteiger partial charge in [0.05, 0.1) is 0 Å². The molecule has 2 aromatic carbocycles. The summed E-state index contributed by atoms with van der Waals surface area (Å²) >= 11 is 5.49. The van der Waals surface area contributed by atoms with Crippen molar-refractivity contribution in [1.29, 1.82) is 0 Å². The number of hydrogen-bond donors (Lipinski definition) is 2. The first-order chi connectivity index (χ1) is 10.3. The van der Waals surface area contributed by atoms with Crippen LogP contribution in [0, 0.1) is 11.8 Å². The summed E-state index contributed by atoms with van der Waals surface area (Å²) in [5, 5.41) is 10.1. The molecule has 108 valence electrons. The summed E-state index contributed by atoms with van der Waals surface area (Å²) in [5.74, 6) is 1.78. The molecule has 0 aliphatic heterocycles. The van der Waals surface area contributed by atoms with Gasteiger partial charge in [-0.1, -0.05) is 36.8 Å². The summed E-state index contributed by atoms with van der Waals surface area (Å²) < 4.78 is 0. The second-order valence-corrected chi connectivity index (χ2v) is 6.85. The van der Waals surface area contributed by atoms with Crippen molar-refractivity contribution >= 4 is 33.8 Å². The van der Waals surface area contributed by atoms with E-state index in [4.69, 9.17) is 12.2 Å². The Morgan fingerprint density at radius 2 is 1.86 bits per heavy atom. The fraction of sp³-hybridized carbons (Fsp3) is 0.389. The normalized spacial score (nSPS) is 27.0. The monoisotopic (exact) mass is 296 g/mol. The van der Waals surface area contributed by atoms with Crippen LogP contribution in [-0.2, 0) is 0 Å². The van der Waals surface area contributed by atoms with Gasteiger partial charge in [-0.15, -0.1) is 0 Å². The molecule has 2 fully saturated rings. The van der Waals surface area contributed by atoms with Gasteiger partial charge in [-0.05, 0) is 66.2 Å². The van der Waals surface area contributed by atoms with Crippen molar-refractivity contribution in [3.63, 3.8) is 0 Å². The van der Waals surface area contributed by atoms with E-state index >= 15 is 0 Å². The Balaban J connectivity index is 1.43. The predicted molar refractivity (Wildman–Crippen MR) is 92.5 cm³/mol. The predicted octanol–water partition coefficient (Wildman–Crippen LogP) is 4.31. The van der Waals surface area contributed by atoms with E-state index in [0.29, 0.717) is 6.04 Å². The zero-order chi connectivity index (χ0) is 14.2. The lowest BCUT2D eigenvalue weighted by Crippen LogP contribution is -2.40. The second-order valence-electron chi connectivity index (χ2n) is 6.44. The van der Waals surface area contributed by atoms with Gasteiger partial charge >= 0.3 is 0 Å². The molecule has 0 radical (unpaired) electrons. The zero-order valence-corrected chi connectivity index (χ0v) is 12.8. The molecule has 2 saturated carbocycles. The third-order valence-corrected chi connectivity index (χ3v) is 5.28. The van der Waals surface area contributed by atoms with E-state index in [9.17, 15) is 0 Å². The van der Waals surface area contributed by atoms with Gasteiger partial charge in [-0.3, -0.25) is 0 Å². The zero-order valence-electron chi connectivity index (χ0n) is 12.0. The Labute approximate surface area is 130 Å². The molecule has 2 N–H and O–H groups in total. The van der Waals surface area contributed by atoms with Crippen molar-refractivity contribution in [2.24, 2.45) is 11.8 Å². The van der Waals surface area contributed by atoms with E-state index in [0.717, 1.165) is 22.6 Å². The van der Waals surface area contributed by atoms with Crippen LogP contribution in [0.4, 0.5) is 5.69 Å². The molecule has 3 atom stereocenters. The summed E-state index contributed by atoms with van der Waals surface area (Å²) in [6.07, 6.45) is 5.50. The Kier molecular flexibility index (Phi) is 3.30. The maximum absolute atomic E-state index is 5.49.